The third-order valence-electron chi connectivity index (χ3n) is 5.85. The van der Waals surface area contributed by atoms with Gasteiger partial charge in [-0.15, -0.1) is 11.6 Å². The molecule has 2 heterocycles. The van der Waals surface area contributed by atoms with E-state index in [1.165, 1.54) is 16.7 Å². The molecule has 0 atom stereocenters. The molecule has 0 spiro atoms. The van der Waals surface area contributed by atoms with E-state index in [4.69, 9.17) is 26.2 Å². The van der Waals surface area contributed by atoms with E-state index in [1.807, 2.05) is 24.3 Å². The molecule has 0 radical (unpaired) electrons. The first-order valence-corrected chi connectivity index (χ1v) is 10.5. The van der Waals surface area contributed by atoms with Crippen LogP contribution in [-0.2, 0) is 23.3 Å². The number of alkyl halides is 1. The molecule has 28 heavy (non-hydrogen) atoms. The number of aliphatic hydroxyl groups is 1. The minimum absolute atomic E-state index is 0.101. The van der Waals surface area contributed by atoms with Crippen LogP contribution in [0, 0.1) is 0 Å². The highest BCUT2D eigenvalue weighted by atomic mass is 35.5. The summed E-state index contributed by atoms with van der Waals surface area (Å²) in [5.41, 5.74) is 5.03. The van der Waals surface area contributed by atoms with Gasteiger partial charge in [-0.05, 0) is 53.0 Å². The summed E-state index contributed by atoms with van der Waals surface area (Å²) >= 11 is 5.82. The van der Waals surface area contributed by atoms with Crippen LogP contribution in [0.1, 0.15) is 62.8 Å². The molecule has 0 bridgehead atoms. The Bertz CT molecular complexity index is 757. The Morgan fingerprint density at radius 1 is 0.821 bits per heavy atom. The van der Waals surface area contributed by atoms with E-state index in [2.05, 4.69) is 39.8 Å². The third kappa shape index (κ3) is 4.47. The van der Waals surface area contributed by atoms with Crippen molar-refractivity contribution >= 4 is 11.6 Å². The first-order chi connectivity index (χ1) is 13.3. The second-order valence-corrected chi connectivity index (χ2v) is 9.18. The molecule has 2 aromatic rings. The van der Waals surface area contributed by atoms with Crippen LogP contribution >= 0.6 is 11.6 Å². The highest BCUT2D eigenvalue weighted by Crippen LogP contribution is 2.39. The lowest BCUT2D eigenvalue weighted by molar-refractivity contribution is 0.232. The maximum Gasteiger partial charge on any atom is 0.123 e. The van der Waals surface area contributed by atoms with Crippen LogP contribution in [0.4, 0.5) is 0 Å². The van der Waals surface area contributed by atoms with Crippen LogP contribution in [0.5, 0.6) is 11.5 Å². The number of benzene rings is 2. The number of fused-ring (bicyclic) bond motifs is 2. The SMILES string of the molecule is CC1(C)CCOc2ccc(CCl)cc21.CC1(C)CCOc2ccc(CO)cc21. The van der Waals surface area contributed by atoms with Gasteiger partial charge in [0.25, 0.3) is 0 Å². The smallest absolute Gasteiger partial charge is 0.123 e. The van der Waals surface area contributed by atoms with E-state index in [-0.39, 0.29) is 17.4 Å². The fourth-order valence-corrected chi connectivity index (χ4v) is 3.91. The second kappa shape index (κ2) is 8.34. The summed E-state index contributed by atoms with van der Waals surface area (Å²) < 4.78 is 11.2. The van der Waals surface area contributed by atoms with Gasteiger partial charge in [0, 0.05) is 17.0 Å². The quantitative estimate of drug-likeness (QED) is 0.652. The molecule has 4 rings (SSSR count). The average molecular weight is 403 g/mol. The number of rotatable bonds is 2. The Kier molecular flexibility index (Phi) is 6.26. The maximum atomic E-state index is 9.07. The molecular weight excluding hydrogens is 372 g/mol. The Labute approximate surface area is 173 Å². The molecule has 2 aromatic carbocycles. The number of halogens is 1. The number of ether oxygens (including phenoxy) is 2. The lowest BCUT2D eigenvalue weighted by Gasteiger charge is -2.32. The van der Waals surface area contributed by atoms with Crippen molar-refractivity contribution in [2.75, 3.05) is 13.2 Å². The summed E-state index contributed by atoms with van der Waals surface area (Å²) in [5.74, 6) is 2.57. The first kappa shape index (κ1) is 21.0. The number of hydrogen-bond acceptors (Lipinski definition) is 3. The molecule has 2 aliphatic heterocycles. The van der Waals surface area contributed by atoms with E-state index in [1.54, 1.807) is 0 Å². The Hall–Kier alpha value is -1.71. The molecule has 0 fully saturated rings. The zero-order chi connectivity index (χ0) is 20.4. The lowest BCUT2D eigenvalue weighted by Crippen LogP contribution is -2.26. The molecule has 2 aliphatic rings. The van der Waals surface area contributed by atoms with Gasteiger partial charge in [-0.2, -0.15) is 0 Å². The van der Waals surface area contributed by atoms with Crippen molar-refractivity contribution in [3.8, 4) is 11.5 Å². The van der Waals surface area contributed by atoms with Crippen LogP contribution in [0.2, 0.25) is 0 Å². The largest absolute Gasteiger partial charge is 0.493 e. The summed E-state index contributed by atoms with van der Waals surface area (Å²) in [6.45, 7) is 10.7. The lowest BCUT2D eigenvalue weighted by atomic mass is 9.79. The van der Waals surface area contributed by atoms with Gasteiger partial charge in [0.2, 0.25) is 0 Å². The van der Waals surface area contributed by atoms with Crippen molar-refractivity contribution in [1.82, 2.24) is 0 Å². The Morgan fingerprint density at radius 2 is 1.29 bits per heavy atom. The van der Waals surface area contributed by atoms with Crippen molar-refractivity contribution in [1.29, 1.82) is 0 Å². The minimum atomic E-state index is 0.101. The van der Waals surface area contributed by atoms with E-state index in [9.17, 15) is 0 Å². The molecule has 3 nitrogen and oxygen atoms in total. The molecule has 152 valence electrons. The highest BCUT2D eigenvalue weighted by molar-refractivity contribution is 6.17. The third-order valence-corrected chi connectivity index (χ3v) is 6.16. The zero-order valence-corrected chi connectivity index (χ0v) is 18.1. The predicted octanol–water partition coefficient (Wildman–Crippen LogP) is 5.72. The summed E-state index contributed by atoms with van der Waals surface area (Å²) in [7, 11) is 0. The number of hydrogen-bond donors (Lipinski definition) is 1. The van der Waals surface area contributed by atoms with Gasteiger partial charge in [0.15, 0.2) is 0 Å². The van der Waals surface area contributed by atoms with Crippen LogP contribution < -0.4 is 9.47 Å². The van der Waals surface area contributed by atoms with E-state index in [0.29, 0.717) is 5.88 Å². The van der Waals surface area contributed by atoms with Crippen molar-refractivity contribution in [3.05, 3.63) is 58.7 Å². The molecule has 0 aliphatic carbocycles. The Morgan fingerprint density at radius 3 is 1.75 bits per heavy atom. The van der Waals surface area contributed by atoms with Crippen LogP contribution in [0.15, 0.2) is 36.4 Å². The molecule has 0 saturated carbocycles. The average Bonchev–Trinajstić information content (AvgIpc) is 2.68. The van der Waals surface area contributed by atoms with Crippen molar-refractivity contribution < 1.29 is 14.6 Å². The van der Waals surface area contributed by atoms with Gasteiger partial charge in [0.05, 0.1) is 19.8 Å². The van der Waals surface area contributed by atoms with E-state index < -0.39 is 0 Å². The summed E-state index contributed by atoms with van der Waals surface area (Å²) in [6.07, 6.45) is 2.11. The van der Waals surface area contributed by atoms with Crippen molar-refractivity contribution in [2.45, 2.75) is 63.9 Å². The monoisotopic (exact) mass is 402 g/mol. The molecule has 1 N–H and O–H groups in total. The van der Waals surface area contributed by atoms with Gasteiger partial charge in [-0.25, -0.2) is 0 Å². The topological polar surface area (TPSA) is 38.7 Å². The fraction of sp³-hybridized carbons (Fsp3) is 0.500. The maximum absolute atomic E-state index is 9.07. The zero-order valence-electron chi connectivity index (χ0n) is 17.3. The minimum Gasteiger partial charge on any atom is -0.493 e. The number of aliphatic hydroxyl groups excluding tert-OH is 1. The second-order valence-electron chi connectivity index (χ2n) is 8.92. The van der Waals surface area contributed by atoms with Gasteiger partial charge in [-0.3, -0.25) is 0 Å². The molecule has 0 amide bonds. The molecule has 0 unspecified atom stereocenters. The normalized spacial score (nSPS) is 18.5. The first-order valence-electron chi connectivity index (χ1n) is 9.96. The highest BCUT2D eigenvalue weighted by Gasteiger charge is 2.29. The Balaban J connectivity index is 0.000000161. The van der Waals surface area contributed by atoms with Crippen LogP contribution in [0.25, 0.3) is 0 Å². The van der Waals surface area contributed by atoms with Gasteiger partial charge in [0.1, 0.15) is 11.5 Å². The van der Waals surface area contributed by atoms with Gasteiger partial charge in [-0.1, -0.05) is 45.9 Å². The summed E-state index contributed by atoms with van der Waals surface area (Å²) in [5, 5.41) is 9.07. The van der Waals surface area contributed by atoms with Crippen molar-refractivity contribution in [3.63, 3.8) is 0 Å². The molecule has 0 saturated heterocycles. The van der Waals surface area contributed by atoms with Crippen LogP contribution in [-0.4, -0.2) is 18.3 Å². The van der Waals surface area contributed by atoms with E-state index >= 15 is 0 Å². The fourth-order valence-electron chi connectivity index (χ4n) is 3.75. The summed E-state index contributed by atoms with van der Waals surface area (Å²) in [6, 6.07) is 12.2. The van der Waals surface area contributed by atoms with Crippen LogP contribution in [0.3, 0.4) is 0 Å². The van der Waals surface area contributed by atoms with Gasteiger partial charge < -0.3 is 14.6 Å². The summed E-state index contributed by atoms with van der Waals surface area (Å²) in [4.78, 5) is 0. The molecular formula is C24H31ClO3. The van der Waals surface area contributed by atoms with Crippen molar-refractivity contribution in [2.24, 2.45) is 0 Å². The van der Waals surface area contributed by atoms with E-state index in [0.717, 1.165) is 43.1 Å². The molecule has 4 heteroatoms. The standard InChI is InChI=1S/C12H15ClO.C12H16O2/c2*1-12(2)5-6-14-11-4-3-9(8-13)7-10(11)12/h3-4,7H,5-6,8H2,1-2H3;3-4,7,13H,5-6,8H2,1-2H3. The molecule has 0 aromatic heterocycles. The van der Waals surface area contributed by atoms with Gasteiger partial charge >= 0.3 is 0 Å². The predicted molar refractivity (Wildman–Crippen MR) is 115 cm³/mol.